The lowest BCUT2D eigenvalue weighted by molar-refractivity contribution is 0.102. The van der Waals surface area contributed by atoms with Crippen molar-refractivity contribution in [3.05, 3.63) is 65.2 Å². The second-order valence-corrected chi connectivity index (χ2v) is 3.72. The Morgan fingerprint density at radius 2 is 1.58 bits per heavy atom. The van der Waals surface area contributed by atoms with Gasteiger partial charge in [0.1, 0.15) is 5.82 Å². The Bertz CT molecular complexity index is 619. The first-order valence-corrected chi connectivity index (χ1v) is 5.19. The van der Waals surface area contributed by atoms with Gasteiger partial charge in [0.05, 0.1) is 0 Å². The highest BCUT2D eigenvalue weighted by atomic mass is 19.2. The summed E-state index contributed by atoms with van der Waals surface area (Å²) in [6.45, 7) is 0. The molecule has 98 valence electrons. The number of anilines is 1. The summed E-state index contributed by atoms with van der Waals surface area (Å²) >= 11 is 0. The Morgan fingerprint density at radius 1 is 0.947 bits per heavy atom. The van der Waals surface area contributed by atoms with E-state index in [1.807, 2.05) is 0 Å². The van der Waals surface area contributed by atoms with Crippen LogP contribution in [0, 0.1) is 23.3 Å². The van der Waals surface area contributed by atoms with E-state index in [9.17, 15) is 22.4 Å². The fourth-order valence-corrected chi connectivity index (χ4v) is 1.46. The molecule has 0 bridgehead atoms. The normalized spacial score (nSPS) is 10.3. The number of carbonyl (C=O) groups is 1. The third-order valence-electron chi connectivity index (χ3n) is 2.33. The first kappa shape index (κ1) is 13.1. The molecule has 0 aliphatic carbocycles. The molecular weight excluding hydrogens is 262 g/mol. The predicted molar refractivity (Wildman–Crippen MR) is 60.7 cm³/mol. The SMILES string of the molecule is O=C(Nc1cccc(F)c1)c1cc(F)c(F)c(F)c1. The molecule has 0 saturated heterocycles. The molecule has 0 atom stereocenters. The van der Waals surface area contributed by atoms with E-state index < -0.39 is 34.7 Å². The molecule has 2 nitrogen and oxygen atoms in total. The number of halogens is 4. The molecular formula is C13H7F4NO. The average Bonchev–Trinajstić information content (AvgIpc) is 2.35. The van der Waals surface area contributed by atoms with Gasteiger partial charge in [0, 0.05) is 11.3 Å². The van der Waals surface area contributed by atoms with Gasteiger partial charge in [-0.3, -0.25) is 4.79 Å². The van der Waals surface area contributed by atoms with Crippen LogP contribution in [-0.2, 0) is 0 Å². The van der Waals surface area contributed by atoms with Crippen molar-refractivity contribution in [3.8, 4) is 0 Å². The van der Waals surface area contributed by atoms with Crippen molar-refractivity contribution >= 4 is 11.6 Å². The fraction of sp³-hybridized carbons (Fsp3) is 0. The fourth-order valence-electron chi connectivity index (χ4n) is 1.46. The lowest BCUT2D eigenvalue weighted by Crippen LogP contribution is -2.13. The molecule has 0 fully saturated rings. The second kappa shape index (κ2) is 5.09. The Labute approximate surface area is 105 Å². The average molecular weight is 269 g/mol. The zero-order valence-corrected chi connectivity index (χ0v) is 9.38. The van der Waals surface area contributed by atoms with Crippen LogP contribution in [-0.4, -0.2) is 5.91 Å². The van der Waals surface area contributed by atoms with Crippen molar-refractivity contribution in [2.45, 2.75) is 0 Å². The summed E-state index contributed by atoms with van der Waals surface area (Å²) in [5, 5.41) is 2.24. The second-order valence-electron chi connectivity index (χ2n) is 3.72. The van der Waals surface area contributed by atoms with E-state index in [0.29, 0.717) is 12.1 Å². The molecule has 0 aliphatic rings. The van der Waals surface area contributed by atoms with E-state index in [-0.39, 0.29) is 5.69 Å². The maximum atomic E-state index is 12.9. The summed E-state index contributed by atoms with van der Waals surface area (Å²) in [4.78, 5) is 11.7. The number of amides is 1. The molecule has 0 heterocycles. The van der Waals surface area contributed by atoms with Crippen molar-refractivity contribution in [1.82, 2.24) is 0 Å². The summed E-state index contributed by atoms with van der Waals surface area (Å²) in [6, 6.07) is 6.09. The molecule has 0 radical (unpaired) electrons. The molecule has 1 N–H and O–H groups in total. The Kier molecular flexibility index (Phi) is 3.50. The van der Waals surface area contributed by atoms with Crippen molar-refractivity contribution < 1.29 is 22.4 Å². The maximum absolute atomic E-state index is 12.9. The van der Waals surface area contributed by atoms with E-state index in [2.05, 4.69) is 5.32 Å². The van der Waals surface area contributed by atoms with Gasteiger partial charge in [-0.1, -0.05) is 6.07 Å². The van der Waals surface area contributed by atoms with Crippen molar-refractivity contribution in [3.63, 3.8) is 0 Å². The van der Waals surface area contributed by atoms with Crippen LogP contribution in [0.2, 0.25) is 0 Å². The topological polar surface area (TPSA) is 29.1 Å². The van der Waals surface area contributed by atoms with Gasteiger partial charge in [-0.2, -0.15) is 0 Å². The largest absolute Gasteiger partial charge is 0.322 e. The first-order valence-electron chi connectivity index (χ1n) is 5.19. The standard InChI is InChI=1S/C13H7F4NO/c14-8-2-1-3-9(6-8)18-13(19)7-4-10(15)12(17)11(16)5-7/h1-6H,(H,18,19). The van der Waals surface area contributed by atoms with E-state index in [1.165, 1.54) is 18.2 Å². The number of nitrogens with one attached hydrogen (secondary N) is 1. The van der Waals surface area contributed by atoms with Gasteiger partial charge in [-0.05, 0) is 30.3 Å². The van der Waals surface area contributed by atoms with Crippen LogP contribution in [0.3, 0.4) is 0 Å². The summed E-state index contributed by atoms with van der Waals surface area (Å²) in [6.07, 6.45) is 0. The Balaban J connectivity index is 2.25. The minimum Gasteiger partial charge on any atom is -0.322 e. The van der Waals surface area contributed by atoms with Gasteiger partial charge in [0.2, 0.25) is 0 Å². The summed E-state index contributed by atoms with van der Waals surface area (Å²) < 4.78 is 51.5. The molecule has 0 aromatic heterocycles. The third kappa shape index (κ3) is 2.90. The van der Waals surface area contributed by atoms with Crippen molar-refractivity contribution in [1.29, 1.82) is 0 Å². The molecule has 0 spiro atoms. The van der Waals surface area contributed by atoms with Gasteiger partial charge in [-0.15, -0.1) is 0 Å². The molecule has 2 rings (SSSR count). The van der Waals surface area contributed by atoms with Crippen molar-refractivity contribution in [2.24, 2.45) is 0 Å². The molecule has 0 aliphatic heterocycles. The lowest BCUT2D eigenvalue weighted by Gasteiger charge is -2.06. The van der Waals surface area contributed by atoms with Gasteiger partial charge in [0.15, 0.2) is 17.5 Å². The molecule has 1 amide bonds. The van der Waals surface area contributed by atoms with Crippen LogP contribution in [0.1, 0.15) is 10.4 Å². The van der Waals surface area contributed by atoms with Crippen molar-refractivity contribution in [2.75, 3.05) is 5.32 Å². The molecule has 2 aromatic carbocycles. The molecule has 19 heavy (non-hydrogen) atoms. The summed E-state index contributed by atoms with van der Waals surface area (Å²) in [5.41, 5.74) is -0.282. The van der Waals surface area contributed by atoms with Crippen LogP contribution in [0.25, 0.3) is 0 Å². The number of benzene rings is 2. The molecule has 0 unspecified atom stereocenters. The Hall–Kier alpha value is -2.37. The van der Waals surface area contributed by atoms with Crippen LogP contribution >= 0.6 is 0 Å². The zero-order chi connectivity index (χ0) is 14.0. The Morgan fingerprint density at radius 3 is 2.16 bits per heavy atom. The summed E-state index contributed by atoms with van der Waals surface area (Å²) in [7, 11) is 0. The summed E-state index contributed by atoms with van der Waals surface area (Å²) in [5.74, 6) is -6.03. The molecule has 0 saturated carbocycles. The van der Waals surface area contributed by atoms with E-state index in [1.54, 1.807) is 0 Å². The number of hydrogen-bond donors (Lipinski definition) is 1. The number of hydrogen-bond acceptors (Lipinski definition) is 1. The highest BCUT2D eigenvalue weighted by Gasteiger charge is 2.15. The monoisotopic (exact) mass is 269 g/mol. The zero-order valence-electron chi connectivity index (χ0n) is 9.38. The smallest absolute Gasteiger partial charge is 0.255 e. The quantitative estimate of drug-likeness (QED) is 0.656. The first-order chi connectivity index (χ1) is 8.97. The van der Waals surface area contributed by atoms with Crippen LogP contribution in [0.4, 0.5) is 23.2 Å². The van der Waals surface area contributed by atoms with Gasteiger partial charge in [-0.25, -0.2) is 17.6 Å². The van der Waals surface area contributed by atoms with E-state index in [0.717, 1.165) is 6.07 Å². The minimum absolute atomic E-state index is 0.121. The van der Waals surface area contributed by atoms with Gasteiger partial charge >= 0.3 is 0 Å². The number of rotatable bonds is 2. The van der Waals surface area contributed by atoms with Gasteiger partial charge in [0.25, 0.3) is 5.91 Å². The number of carbonyl (C=O) groups excluding carboxylic acids is 1. The molecule has 6 heteroatoms. The molecule has 2 aromatic rings. The van der Waals surface area contributed by atoms with Gasteiger partial charge < -0.3 is 5.32 Å². The van der Waals surface area contributed by atoms with Crippen LogP contribution < -0.4 is 5.32 Å². The van der Waals surface area contributed by atoms with E-state index >= 15 is 0 Å². The highest BCUT2D eigenvalue weighted by molar-refractivity contribution is 6.04. The van der Waals surface area contributed by atoms with Crippen LogP contribution in [0.5, 0.6) is 0 Å². The van der Waals surface area contributed by atoms with E-state index in [4.69, 9.17) is 0 Å². The highest BCUT2D eigenvalue weighted by Crippen LogP contribution is 2.16. The third-order valence-corrected chi connectivity index (χ3v) is 2.33. The maximum Gasteiger partial charge on any atom is 0.255 e. The van der Waals surface area contributed by atoms with Crippen LogP contribution in [0.15, 0.2) is 36.4 Å². The lowest BCUT2D eigenvalue weighted by atomic mass is 10.2. The predicted octanol–water partition coefficient (Wildman–Crippen LogP) is 3.50. The minimum atomic E-state index is -1.65.